The number of rotatable bonds is 6. The van der Waals surface area contributed by atoms with Crippen LogP contribution in [0.4, 0.5) is 5.82 Å². The first-order valence-corrected chi connectivity index (χ1v) is 11.0. The zero-order valence-electron chi connectivity index (χ0n) is 17.8. The molecule has 2 aliphatic rings. The number of anilines is 1. The molecule has 2 saturated carbocycles. The number of nitrogen functional groups attached to an aromatic ring is 1. The quantitative estimate of drug-likeness (QED) is 0.543. The first kappa shape index (κ1) is 20.5. The van der Waals surface area contributed by atoms with E-state index in [0.717, 1.165) is 25.7 Å². The van der Waals surface area contributed by atoms with E-state index in [1.54, 1.807) is 4.57 Å². The van der Waals surface area contributed by atoms with Crippen LogP contribution in [0.2, 0.25) is 0 Å². The molecule has 30 heavy (non-hydrogen) atoms. The van der Waals surface area contributed by atoms with Gasteiger partial charge in [0.2, 0.25) is 5.56 Å². The molecule has 0 radical (unpaired) electrons. The molecule has 8 heteroatoms. The number of aromatic amines is 1. The van der Waals surface area contributed by atoms with Gasteiger partial charge in [-0.2, -0.15) is 4.57 Å². The highest BCUT2D eigenvalue weighted by Gasteiger charge is 2.35. The molecule has 2 aromatic heterocycles. The fraction of sp³-hybridized carbons (Fsp3) is 0.591. The van der Waals surface area contributed by atoms with E-state index in [1.165, 1.54) is 23.8 Å². The third kappa shape index (κ3) is 3.95. The monoisotopic (exact) mass is 414 g/mol. The maximum absolute atomic E-state index is 13.1. The van der Waals surface area contributed by atoms with E-state index in [2.05, 4.69) is 16.5 Å². The number of hydrogen-bond donors (Lipinski definition) is 4. The molecular formula is C22H32N5O3+. The molecule has 0 aromatic carbocycles. The Labute approximate surface area is 175 Å². The van der Waals surface area contributed by atoms with E-state index in [-0.39, 0.29) is 23.4 Å². The molecule has 2 aromatic rings. The van der Waals surface area contributed by atoms with Gasteiger partial charge in [-0.05, 0) is 43.6 Å². The second kappa shape index (κ2) is 8.16. The van der Waals surface area contributed by atoms with Crippen LogP contribution in [0, 0.1) is 11.8 Å². The van der Waals surface area contributed by atoms with E-state index in [0.29, 0.717) is 29.5 Å². The number of allylic oxidation sites excluding steroid dienone is 1. The van der Waals surface area contributed by atoms with Crippen LogP contribution in [-0.4, -0.2) is 26.7 Å². The molecule has 8 nitrogen and oxygen atoms in total. The minimum Gasteiger partial charge on any atom is -0.477 e. The molecule has 0 spiro atoms. The Balaban J connectivity index is 1.85. The zero-order chi connectivity index (χ0) is 21.4. The number of aromatic nitrogens is 3. The van der Waals surface area contributed by atoms with Crippen molar-refractivity contribution in [3.63, 3.8) is 0 Å². The van der Waals surface area contributed by atoms with E-state index in [1.807, 2.05) is 19.9 Å². The van der Waals surface area contributed by atoms with Gasteiger partial charge < -0.3 is 16.2 Å². The molecule has 2 fully saturated rings. The van der Waals surface area contributed by atoms with Crippen molar-refractivity contribution in [2.75, 3.05) is 5.73 Å². The average Bonchev–Trinajstić information content (AvgIpc) is 3.45. The van der Waals surface area contributed by atoms with Crippen LogP contribution >= 0.6 is 0 Å². The molecule has 2 aliphatic carbocycles. The lowest BCUT2D eigenvalue weighted by Crippen LogP contribution is -2.46. The van der Waals surface area contributed by atoms with Gasteiger partial charge in [-0.1, -0.05) is 43.7 Å². The molecular weight excluding hydrogens is 382 g/mol. The van der Waals surface area contributed by atoms with Crippen LogP contribution < -0.4 is 21.2 Å². The maximum Gasteiger partial charge on any atom is 0.378 e. The van der Waals surface area contributed by atoms with Crippen LogP contribution in [0.1, 0.15) is 74.7 Å². The molecule has 0 saturated heterocycles. The fourth-order valence-electron chi connectivity index (χ4n) is 4.28. The number of hydrogen-bond acceptors (Lipinski definition) is 4. The normalized spacial score (nSPS) is 18.0. The SMILES string of the molecule is CC(C)C[n+]1c(O)c(C(=O)NC2CC2)c(=O)n2[nH]c(N)c(/C=C/C3CCCCC3)c21. The van der Waals surface area contributed by atoms with Crippen molar-refractivity contribution in [1.29, 1.82) is 0 Å². The Morgan fingerprint density at radius 2 is 2.00 bits per heavy atom. The molecule has 0 unspecified atom stereocenters. The van der Waals surface area contributed by atoms with Gasteiger partial charge in [-0.15, -0.1) is 0 Å². The topological polar surface area (TPSA) is 116 Å². The average molecular weight is 415 g/mol. The summed E-state index contributed by atoms with van der Waals surface area (Å²) in [5.74, 6) is 0.178. The number of carbonyl (C=O) groups excluding carboxylic acids is 1. The van der Waals surface area contributed by atoms with Gasteiger partial charge in [-0.25, -0.2) is 9.89 Å². The lowest BCUT2D eigenvalue weighted by Gasteiger charge is -2.17. The highest BCUT2D eigenvalue weighted by molar-refractivity contribution is 5.96. The first-order chi connectivity index (χ1) is 14.4. The molecule has 0 aliphatic heterocycles. The van der Waals surface area contributed by atoms with Gasteiger partial charge in [0, 0.05) is 6.04 Å². The number of amides is 1. The summed E-state index contributed by atoms with van der Waals surface area (Å²) in [4.78, 5) is 25.8. The van der Waals surface area contributed by atoms with Crippen LogP contribution in [0.5, 0.6) is 5.88 Å². The summed E-state index contributed by atoms with van der Waals surface area (Å²) in [7, 11) is 0. The predicted molar refractivity (Wildman–Crippen MR) is 115 cm³/mol. The van der Waals surface area contributed by atoms with Crippen molar-refractivity contribution in [2.24, 2.45) is 11.8 Å². The minimum absolute atomic E-state index is 0.0817. The van der Waals surface area contributed by atoms with Crippen molar-refractivity contribution < 1.29 is 14.5 Å². The summed E-state index contributed by atoms with van der Waals surface area (Å²) < 4.78 is 2.92. The van der Waals surface area contributed by atoms with E-state index in [4.69, 9.17) is 5.73 Å². The van der Waals surface area contributed by atoms with Gasteiger partial charge in [0.1, 0.15) is 5.56 Å². The number of H-pyrrole nitrogens is 1. The van der Waals surface area contributed by atoms with Crippen LogP contribution in [-0.2, 0) is 6.54 Å². The van der Waals surface area contributed by atoms with Crippen LogP contribution in [0.25, 0.3) is 11.7 Å². The Morgan fingerprint density at radius 1 is 1.30 bits per heavy atom. The third-order valence-electron chi connectivity index (χ3n) is 6.00. The molecule has 0 atom stereocenters. The van der Waals surface area contributed by atoms with Crippen molar-refractivity contribution in [3.8, 4) is 5.88 Å². The highest BCUT2D eigenvalue weighted by atomic mass is 16.3. The number of nitrogens with one attached hydrogen (secondary N) is 2. The van der Waals surface area contributed by atoms with E-state index < -0.39 is 11.5 Å². The number of fused-ring (bicyclic) bond motifs is 1. The molecule has 2 heterocycles. The van der Waals surface area contributed by atoms with E-state index in [9.17, 15) is 14.7 Å². The molecule has 4 rings (SSSR count). The van der Waals surface area contributed by atoms with E-state index >= 15 is 0 Å². The lowest BCUT2D eigenvalue weighted by atomic mass is 9.89. The summed E-state index contributed by atoms with van der Waals surface area (Å²) in [6, 6.07) is 0.0817. The van der Waals surface area contributed by atoms with Gasteiger partial charge in [-0.3, -0.25) is 4.79 Å². The Kier molecular flexibility index (Phi) is 5.58. The Hall–Kier alpha value is -2.77. The number of nitrogens with zero attached hydrogens (tertiary/aromatic N) is 2. The summed E-state index contributed by atoms with van der Waals surface area (Å²) in [5.41, 5.74) is 6.56. The van der Waals surface area contributed by atoms with Gasteiger partial charge >= 0.3 is 17.1 Å². The zero-order valence-corrected chi connectivity index (χ0v) is 17.8. The molecule has 1 amide bonds. The maximum atomic E-state index is 13.1. The second-order valence-corrected chi connectivity index (χ2v) is 9.11. The summed E-state index contributed by atoms with van der Waals surface area (Å²) in [6.07, 6.45) is 12.0. The smallest absolute Gasteiger partial charge is 0.378 e. The van der Waals surface area contributed by atoms with Gasteiger partial charge in [0.05, 0.1) is 6.54 Å². The third-order valence-corrected chi connectivity index (χ3v) is 6.00. The van der Waals surface area contributed by atoms with Crippen molar-refractivity contribution in [3.05, 3.63) is 27.6 Å². The Bertz CT molecular complexity index is 1040. The number of nitrogens with two attached hydrogens (primary N) is 1. The second-order valence-electron chi connectivity index (χ2n) is 9.11. The summed E-state index contributed by atoms with van der Waals surface area (Å²) in [6.45, 7) is 4.48. The lowest BCUT2D eigenvalue weighted by molar-refractivity contribution is -0.686. The molecule has 162 valence electrons. The highest BCUT2D eigenvalue weighted by Crippen LogP contribution is 2.27. The Morgan fingerprint density at radius 3 is 2.63 bits per heavy atom. The molecule has 0 bridgehead atoms. The van der Waals surface area contributed by atoms with Crippen molar-refractivity contribution in [1.82, 2.24) is 14.9 Å². The van der Waals surface area contributed by atoms with Crippen molar-refractivity contribution >= 4 is 23.4 Å². The van der Waals surface area contributed by atoms with Crippen molar-refractivity contribution in [2.45, 2.75) is 71.4 Å². The van der Waals surface area contributed by atoms with Crippen LogP contribution in [0.3, 0.4) is 0 Å². The van der Waals surface area contributed by atoms with Crippen LogP contribution in [0.15, 0.2) is 10.9 Å². The summed E-state index contributed by atoms with van der Waals surface area (Å²) >= 11 is 0. The first-order valence-electron chi connectivity index (χ1n) is 11.0. The minimum atomic E-state index is -0.593. The van der Waals surface area contributed by atoms with Gasteiger partial charge in [0.15, 0.2) is 5.82 Å². The standard InChI is InChI=1S/C22H31N5O3/c1-13(2)12-26-20-16(11-8-14-6-4-3-5-7-14)18(23)25-27(20)22(30)17(21(26)29)19(28)24-15-9-10-15/h8,11,13-15H,3-7,9-10,12H2,1-2H3,(H4,23,24,25,28,29,30)/p+1/b11-8+. The molecule has 5 N–H and O–H groups in total. The fourth-order valence-corrected chi connectivity index (χ4v) is 4.28. The largest absolute Gasteiger partial charge is 0.477 e. The number of carbonyl (C=O) groups is 1. The van der Waals surface area contributed by atoms with Gasteiger partial charge in [0.25, 0.3) is 5.91 Å². The summed E-state index contributed by atoms with van der Waals surface area (Å²) in [5, 5.41) is 16.7. The number of aromatic hydroxyl groups is 1. The predicted octanol–water partition coefficient (Wildman–Crippen LogP) is 2.34.